The van der Waals surface area contributed by atoms with Crippen LogP contribution in [0.15, 0.2) is 22.6 Å². The van der Waals surface area contributed by atoms with Gasteiger partial charge in [0.2, 0.25) is 0 Å². The van der Waals surface area contributed by atoms with E-state index in [1.54, 1.807) is 13.2 Å². The number of carbonyl (C=O) groups is 1. The normalized spacial score (nSPS) is 18.5. The summed E-state index contributed by atoms with van der Waals surface area (Å²) in [5.41, 5.74) is 0.506. The molecular formula is C17H22BNO6. The van der Waals surface area contributed by atoms with Crippen LogP contribution in [0.4, 0.5) is 4.79 Å². The molecule has 0 bridgehead atoms. The first-order chi connectivity index (χ1) is 11.6. The van der Waals surface area contributed by atoms with Crippen molar-refractivity contribution < 1.29 is 28.4 Å². The molecule has 7 nitrogen and oxygen atoms in total. The third-order valence-electron chi connectivity index (χ3n) is 4.81. The van der Waals surface area contributed by atoms with Crippen LogP contribution >= 0.6 is 0 Å². The van der Waals surface area contributed by atoms with Crippen LogP contribution in [0.25, 0.3) is 11.0 Å². The smallest absolute Gasteiger partial charge is 0.493 e. The standard InChI is InChI=1S/C17H22BNO6/c1-16(2)17(3,4)25-18(24-16)11-6-10-7-12(9-19-15(20)21)23-14(10)13(8-11)22-5/h6-8,19H,9H2,1-5H3,(H,20,21). The number of benzene rings is 1. The number of hydrogen-bond acceptors (Lipinski definition) is 5. The largest absolute Gasteiger partial charge is 0.494 e. The Kier molecular flexibility index (Phi) is 4.21. The molecule has 1 aromatic heterocycles. The molecule has 0 spiro atoms. The van der Waals surface area contributed by atoms with Crippen molar-refractivity contribution in [3.8, 4) is 5.75 Å². The van der Waals surface area contributed by atoms with Crippen molar-refractivity contribution in [2.45, 2.75) is 45.4 Å². The van der Waals surface area contributed by atoms with Gasteiger partial charge in [-0.05, 0) is 45.3 Å². The summed E-state index contributed by atoms with van der Waals surface area (Å²) in [6.45, 7) is 8.07. The monoisotopic (exact) mass is 347 g/mol. The van der Waals surface area contributed by atoms with Gasteiger partial charge in [-0.25, -0.2) is 4.79 Å². The summed E-state index contributed by atoms with van der Waals surface area (Å²) in [7, 11) is 1.04. The molecule has 0 saturated carbocycles. The van der Waals surface area contributed by atoms with Gasteiger partial charge in [0.1, 0.15) is 5.76 Å². The first-order valence-electron chi connectivity index (χ1n) is 8.06. The van der Waals surface area contributed by atoms with Crippen LogP contribution in [-0.4, -0.2) is 36.6 Å². The zero-order valence-corrected chi connectivity index (χ0v) is 15.0. The molecule has 1 aliphatic heterocycles. The number of furan rings is 1. The lowest BCUT2D eigenvalue weighted by Crippen LogP contribution is -2.41. The highest BCUT2D eigenvalue weighted by molar-refractivity contribution is 6.62. The molecule has 0 unspecified atom stereocenters. The van der Waals surface area contributed by atoms with Crippen LogP contribution in [0.2, 0.25) is 0 Å². The van der Waals surface area contributed by atoms with Gasteiger partial charge in [0, 0.05) is 5.39 Å². The molecule has 2 heterocycles. The van der Waals surface area contributed by atoms with E-state index in [4.69, 9.17) is 23.6 Å². The average Bonchev–Trinajstić information content (AvgIpc) is 3.02. The Labute approximate surface area is 146 Å². The molecule has 2 aromatic rings. The zero-order valence-electron chi connectivity index (χ0n) is 15.0. The summed E-state index contributed by atoms with van der Waals surface area (Å²) in [5.74, 6) is 1.05. The third-order valence-corrected chi connectivity index (χ3v) is 4.81. The number of ether oxygens (including phenoxy) is 1. The summed E-state index contributed by atoms with van der Waals surface area (Å²) in [6, 6.07) is 5.51. The Morgan fingerprint density at radius 2 is 1.84 bits per heavy atom. The Bertz CT molecular complexity index is 797. The predicted octanol–water partition coefficient (Wildman–Crippen LogP) is 2.51. The molecule has 134 valence electrons. The van der Waals surface area contributed by atoms with Crippen molar-refractivity contribution in [3.63, 3.8) is 0 Å². The van der Waals surface area contributed by atoms with E-state index < -0.39 is 24.4 Å². The van der Waals surface area contributed by atoms with Crippen LogP contribution in [0.5, 0.6) is 5.75 Å². The fourth-order valence-corrected chi connectivity index (χ4v) is 2.71. The lowest BCUT2D eigenvalue weighted by Gasteiger charge is -2.32. The van der Waals surface area contributed by atoms with Gasteiger partial charge in [0.05, 0.1) is 24.9 Å². The molecule has 8 heteroatoms. The van der Waals surface area contributed by atoms with E-state index in [0.717, 1.165) is 10.8 Å². The maximum absolute atomic E-state index is 10.7. The molecule has 1 fully saturated rings. The SMILES string of the molecule is COc1cc(B2OC(C)(C)C(C)(C)O2)cc2cc(CNC(=O)O)oc12. The van der Waals surface area contributed by atoms with E-state index in [2.05, 4.69) is 5.32 Å². The van der Waals surface area contributed by atoms with Crippen molar-refractivity contribution in [1.29, 1.82) is 0 Å². The highest BCUT2D eigenvalue weighted by atomic mass is 16.7. The minimum absolute atomic E-state index is 0.0823. The molecule has 1 saturated heterocycles. The number of methoxy groups -OCH3 is 1. The minimum atomic E-state index is -1.11. The second kappa shape index (κ2) is 5.96. The zero-order chi connectivity index (χ0) is 18.4. The Hall–Kier alpha value is -2.19. The topological polar surface area (TPSA) is 90.2 Å². The first kappa shape index (κ1) is 17.6. The van der Waals surface area contributed by atoms with E-state index in [9.17, 15) is 4.79 Å². The molecule has 0 aliphatic carbocycles. The van der Waals surface area contributed by atoms with Gasteiger partial charge >= 0.3 is 13.2 Å². The number of fused-ring (bicyclic) bond motifs is 1. The molecule has 0 atom stereocenters. The van der Waals surface area contributed by atoms with Crippen molar-refractivity contribution in [2.24, 2.45) is 0 Å². The van der Waals surface area contributed by atoms with Crippen LogP contribution < -0.4 is 15.5 Å². The number of hydrogen-bond donors (Lipinski definition) is 2. The van der Waals surface area contributed by atoms with Gasteiger partial charge in [-0.15, -0.1) is 0 Å². The second-order valence-corrected chi connectivity index (χ2v) is 7.10. The van der Waals surface area contributed by atoms with Gasteiger partial charge in [-0.3, -0.25) is 0 Å². The van der Waals surface area contributed by atoms with Crippen LogP contribution in [0.1, 0.15) is 33.5 Å². The highest BCUT2D eigenvalue weighted by Gasteiger charge is 2.51. The number of nitrogens with one attached hydrogen (secondary N) is 1. The fraction of sp³-hybridized carbons (Fsp3) is 0.471. The Morgan fingerprint density at radius 1 is 1.20 bits per heavy atom. The molecule has 0 radical (unpaired) electrons. The maximum atomic E-state index is 10.7. The summed E-state index contributed by atoms with van der Waals surface area (Å²) in [6.07, 6.45) is -1.11. The van der Waals surface area contributed by atoms with Crippen LogP contribution in [-0.2, 0) is 15.9 Å². The van der Waals surface area contributed by atoms with Crippen molar-refractivity contribution in [2.75, 3.05) is 7.11 Å². The number of amides is 1. The third kappa shape index (κ3) is 3.19. The summed E-state index contributed by atoms with van der Waals surface area (Å²) >= 11 is 0. The quantitative estimate of drug-likeness (QED) is 0.826. The van der Waals surface area contributed by atoms with Gasteiger partial charge < -0.3 is 28.9 Å². The van der Waals surface area contributed by atoms with Gasteiger partial charge in [-0.2, -0.15) is 0 Å². The number of carboxylic acid groups (broad SMARTS) is 1. The molecule has 3 rings (SSSR count). The van der Waals surface area contributed by atoms with E-state index in [1.165, 1.54) is 0 Å². The molecule has 1 aliphatic rings. The van der Waals surface area contributed by atoms with Gasteiger partial charge in [-0.1, -0.05) is 6.07 Å². The fourth-order valence-electron chi connectivity index (χ4n) is 2.71. The van der Waals surface area contributed by atoms with E-state index in [0.29, 0.717) is 17.1 Å². The molecule has 1 aromatic carbocycles. The van der Waals surface area contributed by atoms with E-state index >= 15 is 0 Å². The maximum Gasteiger partial charge on any atom is 0.494 e. The molecule has 25 heavy (non-hydrogen) atoms. The molecule has 2 N–H and O–H groups in total. The van der Waals surface area contributed by atoms with E-state index in [-0.39, 0.29) is 6.54 Å². The van der Waals surface area contributed by atoms with Crippen LogP contribution in [0.3, 0.4) is 0 Å². The van der Waals surface area contributed by atoms with Gasteiger partial charge in [0.15, 0.2) is 11.3 Å². The Morgan fingerprint density at radius 3 is 2.40 bits per heavy atom. The Balaban J connectivity index is 1.96. The average molecular weight is 347 g/mol. The number of rotatable bonds is 4. The second-order valence-electron chi connectivity index (χ2n) is 7.10. The lowest BCUT2D eigenvalue weighted by molar-refractivity contribution is 0.00578. The summed E-state index contributed by atoms with van der Waals surface area (Å²) < 4.78 is 23.3. The molecular weight excluding hydrogens is 325 g/mol. The first-order valence-corrected chi connectivity index (χ1v) is 8.06. The lowest BCUT2D eigenvalue weighted by atomic mass is 9.78. The van der Waals surface area contributed by atoms with Crippen molar-refractivity contribution >= 4 is 29.6 Å². The predicted molar refractivity (Wildman–Crippen MR) is 93.3 cm³/mol. The van der Waals surface area contributed by atoms with Crippen LogP contribution in [0, 0.1) is 0 Å². The minimum Gasteiger partial charge on any atom is -0.493 e. The summed E-state index contributed by atoms with van der Waals surface area (Å²) in [5, 5.41) is 11.8. The van der Waals surface area contributed by atoms with Crippen molar-refractivity contribution in [3.05, 3.63) is 24.0 Å². The molecule has 1 amide bonds. The summed E-state index contributed by atoms with van der Waals surface area (Å²) in [4.78, 5) is 10.7. The van der Waals surface area contributed by atoms with E-state index in [1.807, 2.05) is 39.8 Å². The highest BCUT2D eigenvalue weighted by Crippen LogP contribution is 2.37. The van der Waals surface area contributed by atoms with Gasteiger partial charge in [0.25, 0.3) is 0 Å². The van der Waals surface area contributed by atoms with Crippen molar-refractivity contribution in [1.82, 2.24) is 5.32 Å².